The maximum Gasteiger partial charge on any atom is 0.238 e. The predicted molar refractivity (Wildman–Crippen MR) is 58.1 cm³/mol. The fraction of sp³-hybridized carbons (Fsp3) is 0.909. The average Bonchev–Trinajstić information content (AvgIpc) is 2.95. The van der Waals surface area contributed by atoms with Crippen LogP contribution in [0.3, 0.4) is 0 Å². The zero-order valence-corrected chi connectivity index (χ0v) is 9.71. The Morgan fingerprint density at radius 1 is 1.50 bits per heavy atom. The molecule has 1 rings (SSSR count). The molecule has 1 amide bonds. The molecule has 3 heteroatoms. The third-order valence-electron chi connectivity index (χ3n) is 2.91. The van der Waals surface area contributed by atoms with Crippen LogP contribution >= 0.6 is 0 Å². The minimum absolute atomic E-state index is 0.0458. The van der Waals surface area contributed by atoms with Gasteiger partial charge in [-0.2, -0.15) is 0 Å². The lowest BCUT2D eigenvalue weighted by Crippen LogP contribution is -2.46. The summed E-state index contributed by atoms with van der Waals surface area (Å²) < 4.78 is 0. The van der Waals surface area contributed by atoms with Gasteiger partial charge in [-0.25, -0.2) is 0 Å². The van der Waals surface area contributed by atoms with E-state index in [9.17, 15) is 4.79 Å². The minimum atomic E-state index is -0.0458. The Hall–Kier alpha value is -0.570. The first-order valence-electron chi connectivity index (χ1n) is 5.53. The highest BCUT2D eigenvalue weighted by molar-refractivity contribution is 5.80. The lowest BCUT2D eigenvalue weighted by Gasteiger charge is -2.23. The SMILES string of the molecule is CCC(N[C@H](C)C(=O)N(C)C)C1CC1. The molecule has 0 bridgehead atoms. The molecule has 14 heavy (non-hydrogen) atoms. The molecule has 0 aliphatic heterocycles. The van der Waals surface area contributed by atoms with Crippen LogP contribution in [0.2, 0.25) is 0 Å². The van der Waals surface area contributed by atoms with Crippen molar-refractivity contribution in [3.63, 3.8) is 0 Å². The van der Waals surface area contributed by atoms with Crippen LogP contribution in [-0.2, 0) is 4.79 Å². The maximum atomic E-state index is 11.6. The molecule has 1 aliphatic rings. The van der Waals surface area contributed by atoms with Gasteiger partial charge < -0.3 is 10.2 Å². The van der Waals surface area contributed by atoms with E-state index >= 15 is 0 Å². The first kappa shape index (κ1) is 11.5. The van der Waals surface area contributed by atoms with Crippen molar-refractivity contribution in [2.45, 2.75) is 45.2 Å². The van der Waals surface area contributed by atoms with Crippen LogP contribution in [0.1, 0.15) is 33.1 Å². The van der Waals surface area contributed by atoms with E-state index in [1.165, 1.54) is 12.8 Å². The van der Waals surface area contributed by atoms with Crippen LogP contribution in [0.4, 0.5) is 0 Å². The molecule has 1 saturated carbocycles. The van der Waals surface area contributed by atoms with E-state index < -0.39 is 0 Å². The van der Waals surface area contributed by atoms with Gasteiger partial charge in [-0.15, -0.1) is 0 Å². The lowest BCUT2D eigenvalue weighted by atomic mass is 10.1. The molecular formula is C11H22N2O. The molecular weight excluding hydrogens is 176 g/mol. The van der Waals surface area contributed by atoms with E-state index in [-0.39, 0.29) is 11.9 Å². The second-order valence-electron chi connectivity index (χ2n) is 4.47. The number of hydrogen-bond donors (Lipinski definition) is 1. The summed E-state index contributed by atoms with van der Waals surface area (Å²) in [6, 6.07) is 0.490. The summed E-state index contributed by atoms with van der Waals surface area (Å²) in [5, 5.41) is 3.42. The van der Waals surface area contributed by atoms with Crippen LogP contribution in [0.5, 0.6) is 0 Å². The second kappa shape index (κ2) is 4.78. The summed E-state index contributed by atoms with van der Waals surface area (Å²) >= 11 is 0. The standard InChI is InChI=1S/C11H22N2O/c1-5-10(9-6-7-9)12-8(2)11(14)13(3)4/h8-10,12H,5-7H2,1-4H3/t8-,10?/m1/s1. The summed E-state index contributed by atoms with van der Waals surface area (Å²) in [7, 11) is 3.61. The first-order chi connectivity index (χ1) is 6.56. The van der Waals surface area contributed by atoms with Crippen LogP contribution in [0.15, 0.2) is 0 Å². The largest absolute Gasteiger partial charge is 0.347 e. The number of carbonyl (C=O) groups is 1. The Kier molecular flexibility index (Phi) is 3.93. The molecule has 0 aromatic carbocycles. The molecule has 0 radical (unpaired) electrons. The van der Waals surface area contributed by atoms with E-state index in [1.807, 2.05) is 6.92 Å². The fourth-order valence-electron chi connectivity index (χ4n) is 1.87. The van der Waals surface area contributed by atoms with Crippen molar-refractivity contribution in [2.24, 2.45) is 5.92 Å². The Balaban J connectivity index is 2.37. The topological polar surface area (TPSA) is 32.3 Å². The molecule has 0 heterocycles. The lowest BCUT2D eigenvalue weighted by molar-refractivity contribution is -0.130. The van der Waals surface area contributed by atoms with E-state index in [0.29, 0.717) is 6.04 Å². The van der Waals surface area contributed by atoms with Gasteiger partial charge in [-0.1, -0.05) is 6.92 Å². The Morgan fingerprint density at radius 3 is 2.43 bits per heavy atom. The second-order valence-corrected chi connectivity index (χ2v) is 4.47. The monoisotopic (exact) mass is 198 g/mol. The molecule has 0 saturated heterocycles. The van der Waals surface area contributed by atoms with Crippen LogP contribution in [0.25, 0.3) is 0 Å². The number of nitrogens with zero attached hydrogens (tertiary/aromatic N) is 1. The minimum Gasteiger partial charge on any atom is -0.347 e. The number of likely N-dealkylation sites (N-methyl/N-ethyl adjacent to an activating group) is 1. The van der Waals surface area contributed by atoms with Gasteiger partial charge in [0.25, 0.3) is 0 Å². The Bertz CT molecular complexity index is 199. The zero-order chi connectivity index (χ0) is 10.7. The summed E-state index contributed by atoms with van der Waals surface area (Å²) in [4.78, 5) is 13.3. The third kappa shape index (κ3) is 2.98. The van der Waals surface area contributed by atoms with Crippen LogP contribution in [0, 0.1) is 5.92 Å². The van der Waals surface area contributed by atoms with Crippen LogP contribution < -0.4 is 5.32 Å². The van der Waals surface area contributed by atoms with Crippen molar-refractivity contribution in [1.82, 2.24) is 10.2 Å². The highest BCUT2D eigenvalue weighted by Crippen LogP contribution is 2.34. The molecule has 1 unspecified atom stereocenters. The van der Waals surface area contributed by atoms with Crippen molar-refractivity contribution < 1.29 is 4.79 Å². The number of carbonyl (C=O) groups excluding carboxylic acids is 1. The quantitative estimate of drug-likeness (QED) is 0.721. The number of nitrogens with one attached hydrogen (secondary N) is 1. The molecule has 0 aromatic rings. The summed E-state index contributed by atoms with van der Waals surface area (Å²) in [5.74, 6) is 0.988. The highest BCUT2D eigenvalue weighted by Gasteiger charge is 2.31. The Labute approximate surface area is 86.9 Å². The van der Waals surface area contributed by atoms with Crippen LogP contribution in [-0.4, -0.2) is 37.0 Å². The highest BCUT2D eigenvalue weighted by atomic mass is 16.2. The molecule has 0 aromatic heterocycles. The van der Waals surface area contributed by atoms with Gasteiger partial charge in [0.2, 0.25) is 5.91 Å². The molecule has 0 spiro atoms. The van der Waals surface area contributed by atoms with Crippen molar-refractivity contribution in [2.75, 3.05) is 14.1 Å². The Morgan fingerprint density at radius 2 is 2.07 bits per heavy atom. The first-order valence-corrected chi connectivity index (χ1v) is 5.53. The van der Waals surface area contributed by atoms with Crippen molar-refractivity contribution >= 4 is 5.91 Å². The molecule has 1 N–H and O–H groups in total. The summed E-state index contributed by atoms with van der Waals surface area (Å²) in [6.07, 6.45) is 3.78. The van der Waals surface area contributed by atoms with Gasteiger partial charge in [0.05, 0.1) is 6.04 Å². The van der Waals surface area contributed by atoms with Gasteiger partial charge in [-0.3, -0.25) is 4.79 Å². The molecule has 82 valence electrons. The van der Waals surface area contributed by atoms with E-state index in [1.54, 1.807) is 19.0 Å². The van der Waals surface area contributed by atoms with Gasteiger partial charge in [0.1, 0.15) is 0 Å². The van der Waals surface area contributed by atoms with E-state index in [0.717, 1.165) is 12.3 Å². The smallest absolute Gasteiger partial charge is 0.238 e. The average molecular weight is 198 g/mol. The van der Waals surface area contributed by atoms with E-state index in [4.69, 9.17) is 0 Å². The van der Waals surface area contributed by atoms with Crippen molar-refractivity contribution in [3.8, 4) is 0 Å². The van der Waals surface area contributed by atoms with Crippen molar-refractivity contribution in [1.29, 1.82) is 0 Å². The normalized spacial score (nSPS) is 20.3. The molecule has 2 atom stereocenters. The fourth-order valence-corrected chi connectivity index (χ4v) is 1.87. The van der Waals surface area contributed by atoms with Gasteiger partial charge in [-0.05, 0) is 32.1 Å². The zero-order valence-electron chi connectivity index (χ0n) is 9.71. The number of amides is 1. The number of hydrogen-bond acceptors (Lipinski definition) is 2. The summed E-state index contributed by atoms with van der Waals surface area (Å²) in [6.45, 7) is 4.14. The van der Waals surface area contributed by atoms with Crippen molar-refractivity contribution in [3.05, 3.63) is 0 Å². The predicted octanol–water partition coefficient (Wildman–Crippen LogP) is 1.24. The van der Waals surface area contributed by atoms with Gasteiger partial charge in [0.15, 0.2) is 0 Å². The number of rotatable bonds is 5. The van der Waals surface area contributed by atoms with Gasteiger partial charge in [0, 0.05) is 20.1 Å². The molecule has 3 nitrogen and oxygen atoms in total. The summed E-state index contributed by atoms with van der Waals surface area (Å²) in [5.41, 5.74) is 0. The molecule has 1 fully saturated rings. The third-order valence-corrected chi connectivity index (χ3v) is 2.91. The van der Waals surface area contributed by atoms with Gasteiger partial charge >= 0.3 is 0 Å². The maximum absolute atomic E-state index is 11.6. The molecule has 1 aliphatic carbocycles. The van der Waals surface area contributed by atoms with E-state index in [2.05, 4.69) is 12.2 Å².